The van der Waals surface area contributed by atoms with Gasteiger partial charge in [0.15, 0.2) is 0 Å². The van der Waals surface area contributed by atoms with Crippen LogP contribution in [0.25, 0.3) is 0 Å². The Morgan fingerprint density at radius 2 is 1.56 bits per heavy atom. The molecule has 0 amide bonds. The summed E-state index contributed by atoms with van der Waals surface area (Å²) >= 11 is 0. The van der Waals surface area contributed by atoms with Gasteiger partial charge in [0.1, 0.15) is 0 Å². The van der Waals surface area contributed by atoms with E-state index in [0.717, 1.165) is 5.56 Å². The van der Waals surface area contributed by atoms with Gasteiger partial charge in [-0.3, -0.25) is 0 Å². The van der Waals surface area contributed by atoms with E-state index >= 15 is 0 Å². The van der Waals surface area contributed by atoms with Gasteiger partial charge in [0.05, 0.1) is 14.2 Å². The van der Waals surface area contributed by atoms with Crippen LogP contribution in [0, 0.1) is 0 Å². The Bertz CT molecular complexity index is 482. The van der Waals surface area contributed by atoms with Gasteiger partial charge < -0.3 is 14.8 Å². The molecule has 0 unspecified atom stereocenters. The number of methoxy groups -OCH3 is 2. The molecule has 1 aromatic heterocycles. The maximum Gasteiger partial charge on any atom is 0.324 e. The summed E-state index contributed by atoms with van der Waals surface area (Å²) < 4.78 is 9.93. The molecule has 0 atom stereocenters. The first-order chi connectivity index (χ1) is 8.81. The third kappa shape index (κ3) is 3.07. The molecule has 1 heterocycles. The Morgan fingerprint density at radius 1 is 0.944 bits per heavy atom. The molecule has 2 rings (SSSR count). The van der Waals surface area contributed by atoms with Crippen LogP contribution < -0.4 is 14.8 Å². The van der Waals surface area contributed by atoms with Crippen LogP contribution in [0.15, 0.2) is 30.3 Å². The van der Waals surface area contributed by atoms with Crippen LogP contribution in [0.1, 0.15) is 5.56 Å². The maximum absolute atomic E-state index is 4.97. The first-order valence-corrected chi connectivity index (χ1v) is 5.43. The van der Waals surface area contributed by atoms with Crippen molar-refractivity contribution >= 4 is 5.95 Å². The number of aromatic nitrogens is 3. The lowest BCUT2D eigenvalue weighted by Gasteiger charge is -2.07. The van der Waals surface area contributed by atoms with E-state index in [1.54, 1.807) is 0 Å². The molecule has 18 heavy (non-hydrogen) atoms. The number of anilines is 1. The van der Waals surface area contributed by atoms with Crippen molar-refractivity contribution in [1.29, 1.82) is 0 Å². The largest absolute Gasteiger partial charge is 0.467 e. The molecule has 0 radical (unpaired) electrons. The normalized spacial score (nSPS) is 9.89. The molecule has 0 aliphatic carbocycles. The van der Waals surface area contributed by atoms with E-state index in [2.05, 4.69) is 20.3 Å². The zero-order chi connectivity index (χ0) is 12.8. The topological polar surface area (TPSA) is 69.2 Å². The number of hydrogen-bond acceptors (Lipinski definition) is 6. The van der Waals surface area contributed by atoms with Gasteiger partial charge in [-0.15, -0.1) is 4.98 Å². The van der Waals surface area contributed by atoms with Crippen LogP contribution in [0.5, 0.6) is 12.0 Å². The van der Waals surface area contributed by atoms with Crippen LogP contribution in [-0.2, 0) is 6.54 Å². The predicted molar refractivity (Wildman–Crippen MR) is 66.7 cm³/mol. The minimum atomic E-state index is 0.220. The zero-order valence-corrected chi connectivity index (χ0v) is 10.3. The highest BCUT2D eigenvalue weighted by molar-refractivity contribution is 5.29. The van der Waals surface area contributed by atoms with Gasteiger partial charge in [0, 0.05) is 6.54 Å². The van der Waals surface area contributed by atoms with Gasteiger partial charge in [0.2, 0.25) is 5.95 Å². The highest BCUT2D eigenvalue weighted by Gasteiger charge is 2.06. The minimum Gasteiger partial charge on any atom is -0.467 e. The lowest BCUT2D eigenvalue weighted by molar-refractivity contribution is 0.341. The van der Waals surface area contributed by atoms with E-state index in [0.29, 0.717) is 12.5 Å². The Kier molecular flexibility index (Phi) is 3.90. The van der Waals surface area contributed by atoms with Crippen molar-refractivity contribution in [2.75, 3.05) is 19.5 Å². The molecule has 0 saturated heterocycles. The van der Waals surface area contributed by atoms with Crippen molar-refractivity contribution in [1.82, 2.24) is 15.0 Å². The average molecular weight is 246 g/mol. The molecular formula is C12H14N4O2. The molecule has 94 valence electrons. The summed E-state index contributed by atoms with van der Waals surface area (Å²) in [4.78, 5) is 12.1. The number of nitrogens with zero attached hydrogens (tertiary/aromatic N) is 3. The lowest BCUT2D eigenvalue weighted by atomic mass is 10.2. The maximum atomic E-state index is 4.97. The van der Waals surface area contributed by atoms with Crippen LogP contribution in [0.3, 0.4) is 0 Å². The second-order valence-electron chi connectivity index (χ2n) is 3.47. The van der Waals surface area contributed by atoms with E-state index < -0.39 is 0 Å². The molecule has 2 aromatic rings. The smallest absolute Gasteiger partial charge is 0.324 e. The molecule has 0 fully saturated rings. The Morgan fingerprint density at radius 3 is 2.11 bits per heavy atom. The van der Waals surface area contributed by atoms with Gasteiger partial charge in [-0.2, -0.15) is 9.97 Å². The molecule has 0 saturated carbocycles. The second-order valence-corrected chi connectivity index (χ2v) is 3.47. The van der Waals surface area contributed by atoms with Crippen LogP contribution in [-0.4, -0.2) is 29.2 Å². The summed E-state index contributed by atoms with van der Waals surface area (Å²) in [5, 5.41) is 3.09. The summed E-state index contributed by atoms with van der Waals surface area (Å²) in [6, 6.07) is 10.4. The van der Waals surface area contributed by atoms with Crippen molar-refractivity contribution in [2.24, 2.45) is 0 Å². The van der Waals surface area contributed by atoms with Gasteiger partial charge >= 0.3 is 12.0 Å². The Balaban J connectivity index is 2.09. The first-order valence-electron chi connectivity index (χ1n) is 5.43. The molecule has 0 aliphatic rings. The van der Waals surface area contributed by atoms with E-state index in [9.17, 15) is 0 Å². The monoisotopic (exact) mass is 246 g/mol. The summed E-state index contributed by atoms with van der Waals surface area (Å²) in [7, 11) is 2.99. The molecular weight excluding hydrogens is 232 g/mol. The van der Waals surface area contributed by atoms with Crippen molar-refractivity contribution in [3.63, 3.8) is 0 Å². The Hall–Kier alpha value is -2.37. The summed E-state index contributed by atoms with van der Waals surface area (Å²) in [6.45, 7) is 0.622. The Labute approximate surface area is 105 Å². The highest BCUT2D eigenvalue weighted by Crippen LogP contribution is 2.12. The number of rotatable bonds is 5. The zero-order valence-electron chi connectivity index (χ0n) is 10.3. The van der Waals surface area contributed by atoms with Gasteiger partial charge in [-0.1, -0.05) is 30.3 Å². The highest BCUT2D eigenvalue weighted by atomic mass is 16.5. The SMILES string of the molecule is COc1nc(NCc2ccccc2)nc(OC)n1. The minimum absolute atomic E-state index is 0.220. The number of nitrogens with one attached hydrogen (secondary N) is 1. The van der Waals surface area contributed by atoms with E-state index in [-0.39, 0.29) is 12.0 Å². The van der Waals surface area contributed by atoms with Gasteiger partial charge in [-0.25, -0.2) is 0 Å². The van der Waals surface area contributed by atoms with Crippen molar-refractivity contribution in [3.05, 3.63) is 35.9 Å². The summed E-state index contributed by atoms with van der Waals surface area (Å²) in [6.07, 6.45) is 0. The molecule has 1 aromatic carbocycles. The number of hydrogen-bond donors (Lipinski definition) is 1. The van der Waals surface area contributed by atoms with Crippen molar-refractivity contribution < 1.29 is 9.47 Å². The molecule has 0 aliphatic heterocycles. The van der Waals surface area contributed by atoms with Crippen LogP contribution >= 0.6 is 0 Å². The van der Waals surface area contributed by atoms with E-state index in [4.69, 9.17) is 9.47 Å². The van der Waals surface area contributed by atoms with Crippen molar-refractivity contribution in [3.8, 4) is 12.0 Å². The number of benzene rings is 1. The van der Waals surface area contributed by atoms with Gasteiger partial charge in [0.25, 0.3) is 0 Å². The standard InChI is InChI=1S/C12H14N4O2/c1-17-11-14-10(15-12(16-11)18-2)13-8-9-6-4-3-5-7-9/h3-7H,8H2,1-2H3,(H,13,14,15,16). The van der Waals surface area contributed by atoms with Gasteiger partial charge in [-0.05, 0) is 5.56 Å². The second kappa shape index (κ2) is 5.81. The summed E-state index contributed by atoms with van der Waals surface area (Å²) in [5.74, 6) is 0.419. The quantitative estimate of drug-likeness (QED) is 0.862. The first kappa shape index (κ1) is 12.1. The molecule has 0 spiro atoms. The lowest BCUT2D eigenvalue weighted by Crippen LogP contribution is -2.07. The van der Waals surface area contributed by atoms with Crippen LogP contribution in [0.2, 0.25) is 0 Å². The van der Waals surface area contributed by atoms with E-state index in [1.165, 1.54) is 14.2 Å². The molecule has 6 nitrogen and oxygen atoms in total. The third-order valence-electron chi connectivity index (χ3n) is 2.25. The fraction of sp³-hybridized carbons (Fsp3) is 0.250. The summed E-state index contributed by atoms with van der Waals surface area (Å²) in [5.41, 5.74) is 1.14. The fourth-order valence-electron chi connectivity index (χ4n) is 1.38. The molecule has 6 heteroatoms. The van der Waals surface area contributed by atoms with Crippen LogP contribution in [0.4, 0.5) is 5.95 Å². The third-order valence-corrected chi connectivity index (χ3v) is 2.25. The average Bonchev–Trinajstić information content (AvgIpc) is 2.45. The predicted octanol–water partition coefficient (Wildman–Crippen LogP) is 1.50. The van der Waals surface area contributed by atoms with Crippen molar-refractivity contribution in [2.45, 2.75) is 6.54 Å². The fourth-order valence-corrected chi connectivity index (χ4v) is 1.38. The number of ether oxygens (including phenoxy) is 2. The molecule has 0 bridgehead atoms. The van der Waals surface area contributed by atoms with E-state index in [1.807, 2.05) is 30.3 Å². The molecule has 1 N–H and O–H groups in total.